The van der Waals surface area contributed by atoms with Gasteiger partial charge in [0.15, 0.2) is 0 Å². The Morgan fingerprint density at radius 3 is 0.899 bits per heavy atom. The lowest BCUT2D eigenvalue weighted by Gasteiger charge is -2.30. The summed E-state index contributed by atoms with van der Waals surface area (Å²) in [5, 5.41) is 10.1. The third-order valence-electron chi connectivity index (χ3n) is 27.9. The van der Waals surface area contributed by atoms with Crippen LogP contribution in [0.25, 0.3) is 98.8 Å². The minimum absolute atomic E-state index is 0. The van der Waals surface area contributed by atoms with Gasteiger partial charge >= 0.3 is 0 Å². The van der Waals surface area contributed by atoms with E-state index >= 15 is 0 Å². The van der Waals surface area contributed by atoms with Crippen molar-refractivity contribution >= 4 is 104 Å². The molecule has 5 saturated carbocycles. The Morgan fingerprint density at radius 1 is 0.252 bits per heavy atom. The van der Waals surface area contributed by atoms with E-state index in [1.54, 1.807) is 0 Å². The Labute approximate surface area is 719 Å². The Balaban J connectivity index is 0.000000162. The number of aromatic nitrogens is 2. The summed E-state index contributed by atoms with van der Waals surface area (Å²) < 4.78 is 6.15. The van der Waals surface area contributed by atoms with Gasteiger partial charge in [-0.2, -0.15) is 0 Å². The summed E-state index contributed by atoms with van der Waals surface area (Å²) in [5.74, 6) is 3.54. The topological polar surface area (TPSA) is 39.1 Å². The van der Waals surface area contributed by atoms with Gasteiger partial charge in [-0.05, 0) is 263 Å². The van der Waals surface area contributed by atoms with Gasteiger partial charge in [-0.15, -0.1) is 0 Å². The van der Waals surface area contributed by atoms with Crippen molar-refractivity contribution in [1.29, 1.82) is 0 Å². The Kier molecular flexibility index (Phi) is 27.5. The minimum Gasteiger partial charge on any atom is -0.398 e. The normalized spacial score (nSPS) is 16.7. The standard InChI is InChI=1S/C62H66N2.C38H38N2.C12H15Br.2CH4/c1-2-4-8-18-45(19-9-5-3-1)50-32-39-56(40-33-50)64-60-27-17-16-26-57(60)58-41-34-53(44-61(58)64)59-42-51-24-14-15-25-52(51)43-62(59)63(54-35-28-48(29-36-54)46-20-10-6-11-21-46)55-37-30-49(31-38-55)47-22-12-7-13-23-47;39-36-25-30-15-9-8-14-29(30)24-35(36)31-20-23-34-33-16-10-11-17-37(33)40(38(34)26-31)32-21-18-28(19-22-32)27-12-6-4-2-1-3-5-7-13-27;13-12-8-6-11(7-9-12)10-4-2-1-3-5-10;;/h14-17,24-47H,1-13,18-23H2;8-11,14-27H,1-7,12-13,39H2;6-10H,1-5H2;2*1H4. The molecule has 2 heterocycles. The van der Waals surface area contributed by atoms with E-state index in [0.717, 1.165) is 22.7 Å². The van der Waals surface area contributed by atoms with E-state index in [-0.39, 0.29) is 14.9 Å². The highest BCUT2D eigenvalue weighted by atomic mass is 79.9. The van der Waals surface area contributed by atoms with Crippen LogP contribution in [0.5, 0.6) is 0 Å². The lowest BCUT2D eigenvalue weighted by atomic mass is 9.84. The maximum Gasteiger partial charge on any atom is 0.0547 e. The summed E-state index contributed by atoms with van der Waals surface area (Å²) in [6, 6.07) is 106. The zero-order valence-corrected chi connectivity index (χ0v) is 70.7. The van der Waals surface area contributed by atoms with Crippen LogP contribution in [-0.2, 0) is 0 Å². The fourth-order valence-corrected chi connectivity index (χ4v) is 21.6. The summed E-state index contributed by atoms with van der Waals surface area (Å²) in [4.78, 5) is 2.55. The fraction of sp³-hybridized carbons (Fsp3) is 0.351. The minimum atomic E-state index is 0. The first-order valence-corrected chi connectivity index (χ1v) is 46.5. The van der Waals surface area contributed by atoms with Crippen LogP contribution in [-0.4, -0.2) is 9.13 Å². The Hall–Kier alpha value is -9.94. The van der Waals surface area contributed by atoms with E-state index in [4.69, 9.17) is 5.73 Å². The number of nitrogens with zero attached hydrogens (tertiary/aromatic N) is 3. The summed E-state index contributed by atoms with van der Waals surface area (Å²) >= 11 is 3.47. The molecule has 2 N–H and O–H groups in total. The molecule has 0 amide bonds. The van der Waals surface area contributed by atoms with Crippen molar-refractivity contribution in [3.05, 3.63) is 311 Å². The van der Waals surface area contributed by atoms with Crippen molar-refractivity contribution in [2.75, 3.05) is 10.6 Å². The van der Waals surface area contributed by atoms with E-state index in [9.17, 15) is 0 Å². The van der Waals surface area contributed by atoms with Crippen LogP contribution in [0, 0.1) is 0 Å². The van der Waals surface area contributed by atoms with Gasteiger partial charge < -0.3 is 19.8 Å². The average molecular weight is 1630 g/mol. The predicted molar refractivity (Wildman–Crippen MR) is 520 cm³/mol. The molecule has 0 bridgehead atoms. The van der Waals surface area contributed by atoms with Gasteiger partial charge in [0.25, 0.3) is 0 Å². The number of nitrogens with two attached hydrogens (primary N) is 1. The Bertz CT molecular complexity index is 5730. The molecule has 0 spiro atoms. The molecule has 0 atom stereocenters. The molecule has 610 valence electrons. The lowest BCUT2D eigenvalue weighted by molar-refractivity contribution is 0.443. The molecule has 5 heteroatoms. The average Bonchev–Trinajstić information content (AvgIpc) is 1.62. The van der Waals surface area contributed by atoms with Crippen molar-refractivity contribution in [1.82, 2.24) is 9.13 Å². The highest BCUT2D eigenvalue weighted by Crippen LogP contribution is 2.48. The quantitative estimate of drug-likeness (QED) is 0.124. The van der Waals surface area contributed by atoms with E-state index < -0.39 is 0 Å². The number of rotatable bonds is 12. The van der Waals surface area contributed by atoms with Crippen molar-refractivity contribution < 1.29 is 0 Å². The maximum absolute atomic E-state index is 6.61. The molecule has 5 aliphatic carbocycles. The number of hydrogen-bond donors (Lipinski definition) is 1. The van der Waals surface area contributed by atoms with Crippen LogP contribution in [0.15, 0.2) is 284 Å². The molecule has 4 nitrogen and oxygen atoms in total. The van der Waals surface area contributed by atoms with Gasteiger partial charge in [0.2, 0.25) is 0 Å². The molecule has 20 rings (SSSR count). The van der Waals surface area contributed by atoms with Gasteiger partial charge in [0.1, 0.15) is 0 Å². The smallest absolute Gasteiger partial charge is 0.0547 e. The van der Waals surface area contributed by atoms with Crippen molar-refractivity contribution in [2.24, 2.45) is 0 Å². The van der Waals surface area contributed by atoms with Gasteiger partial charge in [-0.25, -0.2) is 0 Å². The van der Waals surface area contributed by atoms with Crippen LogP contribution in [0.1, 0.15) is 284 Å². The predicted octanol–water partition coefficient (Wildman–Crippen LogP) is 35.3. The fourth-order valence-electron chi connectivity index (χ4n) is 21.3. The van der Waals surface area contributed by atoms with Crippen molar-refractivity contribution in [3.8, 4) is 33.6 Å². The highest BCUT2D eigenvalue weighted by Gasteiger charge is 2.26. The molecule has 13 aromatic carbocycles. The molecule has 5 aliphatic rings. The number of nitrogen functional groups attached to an aromatic ring is 1. The summed E-state index contributed by atoms with van der Waals surface area (Å²) in [7, 11) is 0. The number of benzene rings is 13. The number of para-hydroxylation sites is 2. The number of anilines is 4. The molecular formula is C114H127BrN4. The van der Waals surface area contributed by atoms with Crippen LogP contribution in [0.4, 0.5) is 22.7 Å². The van der Waals surface area contributed by atoms with Crippen molar-refractivity contribution in [3.63, 3.8) is 0 Å². The molecule has 0 unspecified atom stereocenters. The van der Waals surface area contributed by atoms with Gasteiger partial charge in [0, 0.05) is 65.6 Å². The molecule has 119 heavy (non-hydrogen) atoms. The van der Waals surface area contributed by atoms with Gasteiger partial charge in [-0.3, -0.25) is 0 Å². The number of halogens is 1. The highest BCUT2D eigenvalue weighted by molar-refractivity contribution is 9.10. The molecule has 2 aromatic heterocycles. The second-order valence-electron chi connectivity index (χ2n) is 35.4. The first kappa shape index (κ1) is 82.7. The molecule has 5 fully saturated rings. The number of hydrogen-bond acceptors (Lipinski definition) is 2. The van der Waals surface area contributed by atoms with Gasteiger partial charge in [0.05, 0.1) is 27.8 Å². The summed E-state index contributed by atoms with van der Waals surface area (Å²) in [5.41, 5.74) is 30.8. The van der Waals surface area contributed by atoms with E-state index in [1.807, 2.05) is 0 Å². The van der Waals surface area contributed by atoms with Crippen LogP contribution < -0.4 is 10.6 Å². The van der Waals surface area contributed by atoms with Crippen LogP contribution >= 0.6 is 15.9 Å². The Morgan fingerprint density at radius 2 is 0.529 bits per heavy atom. The van der Waals surface area contributed by atoms with Crippen molar-refractivity contribution in [2.45, 2.75) is 256 Å². The molecule has 0 aliphatic heterocycles. The number of fused-ring (bicyclic) bond motifs is 8. The molecule has 0 radical (unpaired) electrons. The van der Waals surface area contributed by atoms with E-state index in [0.29, 0.717) is 23.7 Å². The monoisotopic (exact) mass is 1630 g/mol. The third kappa shape index (κ3) is 18.8. The summed E-state index contributed by atoms with van der Waals surface area (Å²) in [6.45, 7) is 0. The summed E-state index contributed by atoms with van der Waals surface area (Å²) in [6.07, 6.45) is 45.2. The first-order chi connectivity index (χ1) is 57.9. The molecular weight excluding hydrogens is 1510 g/mol. The lowest BCUT2D eigenvalue weighted by Crippen LogP contribution is -2.12. The van der Waals surface area contributed by atoms with E-state index in [1.165, 1.54) is 349 Å². The molecule has 15 aromatic rings. The molecule has 0 saturated heterocycles. The zero-order valence-electron chi connectivity index (χ0n) is 69.1. The van der Waals surface area contributed by atoms with Crippen LogP contribution in [0.3, 0.4) is 0 Å². The third-order valence-corrected chi connectivity index (χ3v) is 28.4. The maximum atomic E-state index is 6.61. The SMILES string of the molecule is Brc1ccc(C2CCCCC2)cc1.C.C.Nc1cc2ccccc2cc1-c1ccc2c3ccccc3n(-c3ccc(C4CCCCCCCCC4)cc3)c2c1.c1ccc2cc(N(c3ccc(C4CCCCC4)cc3)c3ccc(C4CCCCC4)cc3)c(-c3ccc4c5ccccc5n(-c5ccc(C6CCCCCCCCC6)cc5)c4c3)cc2c1. The largest absolute Gasteiger partial charge is 0.398 e. The second kappa shape index (κ2) is 39.5. The second-order valence-corrected chi connectivity index (χ2v) is 36.3. The van der Waals surface area contributed by atoms with E-state index in [2.05, 4.69) is 309 Å². The zero-order chi connectivity index (χ0) is 78.6. The van der Waals surface area contributed by atoms with Crippen LogP contribution in [0.2, 0.25) is 0 Å². The first-order valence-electron chi connectivity index (χ1n) is 45.7. The van der Waals surface area contributed by atoms with Gasteiger partial charge in [-0.1, -0.05) is 348 Å².